The first-order valence-electron chi connectivity index (χ1n) is 6.85. The van der Waals surface area contributed by atoms with Crippen LogP contribution in [0.15, 0.2) is 12.7 Å². The van der Waals surface area contributed by atoms with Gasteiger partial charge >= 0.3 is 5.97 Å². The van der Waals surface area contributed by atoms with Crippen LogP contribution in [0.5, 0.6) is 0 Å². The van der Waals surface area contributed by atoms with Crippen LogP contribution in [0.2, 0.25) is 0 Å². The fraction of sp³-hybridized carbons (Fsp3) is 0.769. The molecule has 0 aliphatic heterocycles. The number of quaternary nitrogens is 1. The van der Waals surface area contributed by atoms with Gasteiger partial charge in [-0.15, -0.1) is 0 Å². The molecular formula is C13H27NO6S. The summed E-state index contributed by atoms with van der Waals surface area (Å²) in [5.74, 6) is -0.322. The molecule has 0 fully saturated rings. The van der Waals surface area contributed by atoms with Gasteiger partial charge in [-0.3, -0.25) is 4.18 Å². The molecule has 0 saturated carbocycles. The zero-order valence-corrected chi connectivity index (χ0v) is 14.1. The Morgan fingerprint density at radius 2 is 1.67 bits per heavy atom. The SMILES string of the molecule is C=CC(=O)OCCC[N+](CC)(CC)CC.COS(=O)(=O)[O-]. The Labute approximate surface area is 128 Å². The van der Waals surface area contributed by atoms with Crippen molar-refractivity contribution in [1.82, 2.24) is 0 Å². The zero-order chi connectivity index (χ0) is 16.9. The molecule has 0 amide bonds. The summed E-state index contributed by atoms with van der Waals surface area (Å²) in [4.78, 5) is 10.8. The van der Waals surface area contributed by atoms with E-state index in [-0.39, 0.29) is 5.97 Å². The number of ether oxygens (including phenoxy) is 1. The Balaban J connectivity index is 0. The van der Waals surface area contributed by atoms with Crippen LogP contribution in [0.25, 0.3) is 0 Å². The summed E-state index contributed by atoms with van der Waals surface area (Å²) >= 11 is 0. The van der Waals surface area contributed by atoms with E-state index >= 15 is 0 Å². The molecule has 0 aromatic carbocycles. The van der Waals surface area contributed by atoms with Gasteiger partial charge in [0.2, 0.25) is 10.4 Å². The number of hydrogen-bond donors (Lipinski definition) is 0. The molecule has 0 aliphatic rings. The Bertz CT molecular complexity index is 381. The van der Waals surface area contributed by atoms with Crippen molar-refractivity contribution in [1.29, 1.82) is 0 Å². The van der Waals surface area contributed by atoms with Crippen molar-refractivity contribution >= 4 is 16.4 Å². The summed E-state index contributed by atoms with van der Waals surface area (Å²) in [5, 5.41) is 0. The van der Waals surface area contributed by atoms with Gasteiger partial charge in [0.15, 0.2) is 0 Å². The number of hydrogen-bond acceptors (Lipinski definition) is 6. The smallest absolute Gasteiger partial charge is 0.330 e. The molecule has 8 heteroatoms. The number of carbonyl (C=O) groups excluding carboxylic acids is 1. The monoisotopic (exact) mass is 325 g/mol. The van der Waals surface area contributed by atoms with Gasteiger partial charge in [-0.25, -0.2) is 13.2 Å². The molecule has 0 bridgehead atoms. The van der Waals surface area contributed by atoms with Crippen LogP contribution < -0.4 is 0 Å². The van der Waals surface area contributed by atoms with Crippen molar-refractivity contribution in [3.63, 3.8) is 0 Å². The Kier molecular flexibility index (Phi) is 12.4. The van der Waals surface area contributed by atoms with Crippen molar-refractivity contribution in [2.45, 2.75) is 27.2 Å². The molecule has 0 aromatic rings. The zero-order valence-electron chi connectivity index (χ0n) is 13.3. The fourth-order valence-corrected chi connectivity index (χ4v) is 1.78. The van der Waals surface area contributed by atoms with Gasteiger partial charge in [-0.1, -0.05) is 6.58 Å². The lowest BCUT2D eigenvalue weighted by Gasteiger charge is -2.35. The maximum absolute atomic E-state index is 10.8. The average Bonchev–Trinajstić information content (AvgIpc) is 2.48. The van der Waals surface area contributed by atoms with Gasteiger partial charge in [0, 0.05) is 12.5 Å². The molecule has 7 nitrogen and oxygen atoms in total. The van der Waals surface area contributed by atoms with Crippen molar-refractivity contribution in [3.05, 3.63) is 12.7 Å². The Morgan fingerprint density at radius 1 is 1.24 bits per heavy atom. The summed E-state index contributed by atoms with van der Waals surface area (Å²) < 4.78 is 37.1. The van der Waals surface area contributed by atoms with E-state index in [2.05, 4.69) is 31.5 Å². The van der Waals surface area contributed by atoms with Crippen molar-refractivity contribution in [2.75, 3.05) is 39.9 Å². The summed E-state index contributed by atoms with van der Waals surface area (Å²) in [6.07, 6.45) is 2.14. The molecule has 0 unspecified atom stereocenters. The highest BCUT2D eigenvalue weighted by atomic mass is 32.3. The fourth-order valence-electron chi connectivity index (χ4n) is 1.78. The van der Waals surface area contributed by atoms with Gasteiger partial charge in [0.1, 0.15) is 0 Å². The van der Waals surface area contributed by atoms with Gasteiger partial charge in [0.05, 0.1) is 39.9 Å². The summed E-state index contributed by atoms with van der Waals surface area (Å²) in [5.41, 5.74) is 0. The van der Waals surface area contributed by atoms with Crippen LogP contribution in [0.3, 0.4) is 0 Å². The molecule has 0 saturated heterocycles. The second kappa shape index (κ2) is 11.7. The van der Waals surface area contributed by atoms with E-state index in [9.17, 15) is 17.8 Å². The number of nitrogens with zero attached hydrogens (tertiary/aromatic N) is 1. The minimum atomic E-state index is -4.41. The topological polar surface area (TPSA) is 92.7 Å². The van der Waals surface area contributed by atoms with Crippen molar-refractivity contribution in [2.24, 2.45) is 0 Å². The highest BCUT2D eigenvalue weighted by Gasteiger charge is 2.19. The third-order valence-corrected chi connectivity index (χ3v) is 3.81. The number of rotatable bonds is 9. The van der Waals surface area contributed by atoms with Crippen LogP contribution in [0, 0.1) is 0 Å². The maximum Gasteiger partial charge on any atom is 0.330 e. The first-order valence-corrected chi connectivity index (χ1v) is 8.19. The van der Waals surface area contributed by atoms with Crippen LogP contribution in [0.4, 0.5) is 0 Å². The molecule has 0 heterocycles. The van der Waals surface area contributed by atoms with Crippen LogP contribution in [-0.2, 0) is 24.1 Å². The average molecular weight is 325 g/mol. The van der Waals surface area contributed by atoms with Crippen LogP contribution in [-0.4, -0.2) is 63.3 Å². The summed E-state index contributed by atoms with van der Waals surface area (Å²) in [6, 6.07) is 0. The van der Waals surface area contributed by atoms with E-state index in [1.54, 1.807) is 0 Å². The molecule has 0 aromatic heterocycles. The highest BCUT2D eigenvalue weighted by Crippen LogP contribution is 2.07. The van der Waals surface area contributed by atoms with Crippen molar-refractivity contribution in [3.8, 4) is 0 Å². The summed E-state index contributed by atoms with van der Waals surface area (Å²) in [6.45, 7) is 15.0. The highest BCUT2D eigenvalue weighted by molar-refractivity contribution is 7.80. The van der Waals surface area contributed by atoms with Gasteiger partial charge in [-0.2, -0.15) is 0 Å². The molecular weight excluding hydrogens is 298 g/mol. The van der Waals surface area contributed by atoms with E-state index in [4.69, 9.17) is 4.74 Å². The quantitative estimate of drug-likeness (QED) is 0.157. The Morgan fingerprint density at radius 3 is 1.95 bits per heavy atom. The molecule has 0 radical (unpaired) electrons. The first-order chi connectivity index (χ1) is 9.70. The third-order valence-electron chi connectivity index (χ3n) is 3.40. The lowest BCUT2D eigenvalue weighted by Crippen LogP contribution is -2.48. The molecule has 126 valence electrons. The molecule has 0 spiro atoms. The van der Waals surface area contributed by atoms with Gasteiger partial charge < -0.3 is 13.8 Å². The van der Waals surface area contributed by atoms with E-state index < -0.39 is 10.4 Å². The van der Waals surface area contributed by atoms with Crippen molar-refractivity contribution < 1.29 is 31.2 Å². The minimum absolute atomic E-state index is 0.322. The van der Waals surface area contributed by atoms with Gasteiger partial charge in [-0.05, 0) is 20.8 Å². The molecule has 0 aliphatic carbocycles. The van der Waals surface area contributed by atoms with E-state index in [0.717, 1.165) is 44.2 Å². The molecule has 21 heavy (non-hydrogen) atoms. The predicted molar refractivity (Wildman–Crippen MR) is 79.2 cm³/mol. The molecule has 0 rings (SSSR count). The molecule has 0 atom stereocenters. The van der Waals surface area contributed by atoms with E-state index in [1.807, 2.05) is 0 Å². The van der Waals surface area contributed by atoms with E-state index in [0.29, 0.717) is 6.61 Å². The van der Waals surface area contributed by atoms with Crippen LogP contribution >= 0.6 is 0 Å². The summed E-state index contributed by atoms with van der Waals surface area (Å²) in [7, 11) is -3.60. The third kappa shape index (κ3) is 12.5. The first kappa shape index (κ1) is 22.3. The Hall–Kier alpha value is -0.960. The van der Waals surface area contributed by atoms with Gasteiger partial charge in [0.25, 0.3) is 0 Å². The normalized spacial score (nSPS) is 11.3. The number of esters is 1. The van der Waals surface area contributed by atoms with E-state index in [1.165, 1.54) is 6.08 Å². The predicted octanol–water partition coefficient (Wildman–Crippen LogP) is 1.08. The second-order valence-corrected chi connectivity index (χ2v) is 5.46. The lowest BCUT2D eigenvalue weighted by atomic mass is 10.3. The largest absolute Gasteiger partial charge is 0.726 e. The second-order valence-electron chi connectivity index (χ2n) is 4.31. The van der Waals surface area contributed by atoms with Crippen LogP contribution in [0.1, 0.15) is 27.2 Å². The number of carbonyl (C=O) groups is 1. The maximum atomic E-state index is 10.8. The standard InChI is InChI=1S/C12H24NO2.CH4O4S/c1-5-12(14)15-11-9-10-13(6-2,7-3)8-4;1-5-6(2,3)4/h5H,1,6-11H2,2-4H3;1H3,(H,2,3,4)/q+1;/p-1. The minimum Gasteiger partial charge on any atom is -0.726 e. The molecule has 0 N–H and O–H groups in total. The lowest BCUT2D eigenvalue weighted by molar-refractivity contribution is -0.923.